The summed E-state index contributed by atoms with van der Waals surface area (Å²) in [6.07, 6.45) is 10.3. The van der Waals surface area contributed by atoms with Crippen LogP contribution in [-0.2, 0) is 40.8 Å². The molecule has 0 saturated carbocycles. The van der Waals surface area contributed by atoms with Crippen molar-refractivity contribution in [3.8, 4) is 0 Å². The standard InChI is InChI=1S/C9H10O2.3CO.Cr/c1-8(10)11-9-6-4-2-3-5-7-9;3*1-2;/h2,4-7H,3H2,1H3;;;;. The van der Waals surface area contributed by atoms with Gasteiger partial charge in [0.25, 0.3) is 0 Å². The summed E-state index contributed by atoms with van der Waals surface area (Å²) >= 11 is 0. The van der Waals surface area contributed by atoms with Gasteiger partial charge in [-0.25, -0.2) is 0 Å². The van der Waals surface area contributed by atoms with E-state index in [1.54, 1.807) is 12.2 Å². The van der Waals surface area contributed by atoms with Crippen molar-refractivity contribution in [3.63, 3.8) is 0 Å². The van der Waals surface area contributed by atoms with Gasteiger partial charge in [0.05, 0.1) is 0 Å². The maximum Gasteiger partial charge on any atom is 0 e. The molecule has 0 bridgehead atoms. The third-order valence-electron chi connectivity index (χ3n) is 1.21. The number of allylic oxidation sites excluding steroid dienone is 5. The van der Waals surface area contributed by atoms with Crippen molar-refractivity contribution in [2.45, 2.75) is 13.3 Å². The van der Waals surface area contributed by atoms with Gasteiger partial charge in [0.1, 0.15) is 5.76 Å². The van der Waals surface area contributed by atoms with Crippen LogP contribution in [0.3, 0.4) is 0 Å². The zero-order valence-corrected chi connectivity index (χ0v) is 10.8. The van der Waals surface area contributed by atoms with E-state index >= 15 is 0 Å². The number of rotatable bonds is 1. The predicted molar refractivity (Wildman–Crippen MR) is 54.5 cm³/mol. The van der Waals surface area contributed by atoms with E-state index < -0.39 is 0 Å². The first-order valence-electron chi connectivity index (χ1n) is 4.12. The van der Waals surface area contributed by atoms with E-state index in [9.17, 15) is 4.79 Å². The molecule has 0 aromatic heterocycles. The van der Waals surface area contributed by atoms with E-state index in [1.807, 2.05) is 18.2 Å². The molecular formula is C12H10CrO5. The Bertz CT molecular complexity index is 333. The molecule has 94 valence electrons. The van der Waals surface area contributed by atoms with E-state index in [0.717, 1.165) is 6.42 Å². The van der Waals surface area contributed by atoms with Crippen LogP contribution in [-0.4, -0.2) is 5.97 Å². The van der Waals surface area contributed by atoms with Gasteiger partial charge in [-0.15, -0.1) is 0 Å². The van der Waals surface area contributed by atoms with Crippen molar-refractivity contribution in [1.82, 2.24) is 0 Å². The molecule has 0 aliphatic heterocycles. The van der Waals surface area contributed by atoms with Gasteiger partial charge in [-0.3, -0.25) is 4.79 Å². The molecule has 0 radical (unpaired) electrons. The number of hydrogen-bond donors (Lipinski definition) is 0. The van der Waals surface area contributed by atoms with Crippen molar-refractivity contribution in [2.24, 2.45) is 0 Å². The van der Waals surface area contributed by atoms with E-state index in [0.29, 0.717) is 5.76 Å². The second kappa shape index (κ2) is 24.6. The Morgan fingerprint density at radius 1 is 1.17 bits per heavy atom. The van der Waals surface area contributed by atoms with Gasteiger partial charge in [-0.2, -0.15) is 0 Å². The fourth-order valence-electron chi connectivity index (χ4n) is 0.794. The predicted octanol–water partition coefficient (Wildman–Crippen LogP) is 1.83. The van der Waals surface area contributed by atoms with Crippen LogP contribution in [0.5, 0.6) is 0 Å². The molecule has 0 amide bonds. The first kappa shape index (κ1) is 25.3. The Kier molecular flexibility index (Phi) is 34.6. The summed E-state index contributed by atoms with van der Waals surface area (Å²) in [5, 5.41) is 0. The van der Waals surface area contributed by atoms with Crippen molar-refractivity contribution in [2.75, 3.05) is 0 Å². The fourth-order valence-corrected chi connectivity index (χ4v) is 0.794. The number of hydrogen-bond acceptors (Lipinski definition) is 2. The minimum Gasteiger partial charge on any atom is 0 e. The van der Waals surface area contributed by atoms with Crippen molar-refractivity contribution in [3.05, 3.63) is 56.1 Å². The molecular weight excluding hydrogens is 276 g/mol. The number of esters is 1. The molecule has 0 atom stereocenters. The van der Waals surface area contributed by atoms with Crippen molar-refractivity contribution < 1.29 is 40.8 Å². The smallest absolute Gasteiger partial charge is 0 e. The molecule has 1 aliphatic rings. The maximum atomic E-state index is 10.5. The summed E-state index contributed by atoms with van der Waals surface area (Å²) in [6.45, 7) is 14.9. The number of carbonyl (C=O) groups excluding carboxylic acids is 1. The second-order valence-electron chi connectivity index (χ2n) is 2.23. The molecule has 0 aromatic rings. The Labute approximate surface area is 116 Å². The Morgan fingerprint density at radius 3 is 2.11 bits per heavy atom. The first-order valence-corrected chi connectivity index (χ1v) is 4.12. The SMILES string of the molecule is CC(=O)OC1=CC=CCC=C1.[C-]#[O+].[C-]#[O+].[C-]#[O+].[Cr]. The largest absolute Gasteiger partial charge is 0 e. The Hall–Kier alpha value is -1.56. The van der Waals surface area contributed by atoms with Crippen LogP contribution in [0, 0.1) is 20.0 Å². The maximum absolute atomic E-state index is 10.5. The zero-order chi connectivity index (χ0) is 14.1. The van der Waals surface area contributed by atoms with Gasteiger partial charge >= 0.3 is 39.9 Å². The summed E-state index contributed by atoms with van der Waals surface area (Å²) in [5.74, 6) is 0.322. The zero-order valence-electron chi connectivity index (χ0n) is 9.54. The van der Waals surface area contributed by atoms with E-state index in [2.05, 4.69) is 20.0 Å². The number of carbonyl (C=O) groups is 1. The van der Waals surface area contributed by atoms with E-state index in [4.69, 9.17) is 18.7 Å². The minimum absolute atomic E-state index is 0. The Balaban J connectivity index is -0.000000123. The van der Waals surface area contributed by atoms with Crippen molar-refractivity contribution >= 4 is 5.97 Å². The quantitative estimate of drug-likeness (QED) is 0.418. The molecule has 1 rings (SSSR count). The van der Waals surface area contributed by atoms with Crippen LogP contribution in [0.4, 0.5) is 0 Å². The molecule has 0 heterocycles. The molecule has 6 heteroatoms. The van der Waals surface area contributed by atoms with Crippen LogP contribution in [0.15, 0.2) is 36.1 Å². The minimum atomic E-state index is -0.281. The average Bonchev–Trinajstić information content (AvgIpc) is 2.65. The Morgan fingerprint density at radius 2 is 1.67 bits per heavy atom. The van der Waals surface area contributed by atoms with Crippen molar-refractivity contribution in [1.29, 1.82) is 0 Å². The van der Waals surface area contributed by atoms with Crippen LogP contribution in [0.25, 0.3) is 0 Å². The van der Waals surface area contributed by atoms with E-state index in [1.165, 1.54) is 6.92 Å². The van der Waals surface area contributed by atoms with Gasteiger partial charge in [0.15, 0.2) is 0 Å². The summed E-state index contributed by atoms with van der Waals surface area (Å²) in [7, 11) is 0. The second-order valence-corrected chi connectivity index (χ2v) is 2.23. The normalized spacial score (nSPS) is 9.83. The molecule has 0 unspecified atom stereocenters. The monoisotopic (exact) mass is 286 g/mol. The third-order valence-corrected chi connectivity index (χ3v) is 1.21. The molecule has 18 heavy (non-hydrogen) atoms. The molecule has 0 N–H and O–H groups in total. The molecule has 0 aromatic carbocycles. The average molecular weight is 286 g/mol. The fraction of sp³-hybridized carbons (Fsp3) is 0.167. The topological polar surface area (TPSA) is 86.0 Å². The van der Waals surface area contributed by atoms with Gasteiger partial charge in [0, 0.05) is 24.3 Å². The summed E-state index contributed by atoms with van der Waals surface area (Å²) in [6, 6.07) is 0. The molecule has 5 nitrogen and oxygen atoms in total. The van der Waals surface area contributed by atoms with Crippen LogP contribution in [0.2, 0.25) is 0 Å². The molecule has 0 fully saturated rings. The van der Waals surface area contributed by atoms with Crippen LogP contribution >= 0.6 is 0 Å². The van der Waals surface area contributed by atoms with Gasteiger partial charge in [-0.1, -0.05) is 18.2 Å². The summed E-state index contributed by atoms with van der Waals surface area (Å²) < 4.78 is 27.4. The van der Waals surface area contributed by atoms with E-state index in [-0.39, 0.29) is 23.3 Å². The summed E-state index contributed by atoms with van der Waals surface area (Å²) in [5.41, 5.74) is 0. The van der Waals surface area contributed by atoms with Gasteiger partial charge in [-0.05, 0) is 18.6 Å². The summed E-state index contributed by atoms with van der Waals surface area (Å²) in [4.78, 5) is 10.5. The molecule has 0 saturated heterocycles. The third kappa shape index (κ3) is 19.9. The first-order chi connectivity index (χ1) is 8.29. The molecule has 0 spiro atoms. The van der Waals surface area contributed by atoms with Gasteiger partial charge in [0.2, 0.25) is 0 Å². The van der Waals surface area contributed by atoms with Crippen LogP contribution < -0.4 is 0 Å². The number of ether oxygens (including phenoxy) is 1. The molecule has 1 aliphatic carbocycles. The van der Waals surface area contributed by atoms with Gasteiger partial charge < -0.3 is 4.74 Å². The van der Waals surface area contributed by atoms with Crippen LogP contribution in [0.1, 0.15) is 13.3 Å².